The number of rotatable bonds is 6. The van der Waals surface area contributed by atoms with Crippen LogP contribution in [-0.4, -0.2) is 85.9 Å². The molecule has 182 valence electrons. The molecular weight excluding hydrogens is 428 g/mol. The van der Waals surface area contributed by atoms with Crippen molar-refractivity contribution in [3.05, 3.63) is 59.2 Å². The quantitative estimate of drug-likeness (QED) is 0.683. The molecule has 2 aromatic rings. The van der Waals surface area contributed by atoms with E-state index in [2.05, 4.69) is 39.4 Å². The normalized spacial score (nSPS) is 20.5. The number of aliphatic hydroxyl groups excluding tert-OH is 1. The van der Waals surface area contributed by atoms with Crippen LogP contribution in [0.25, 0.3) is 0 Å². The van der Waals surface area contributed by atoms with E-state index in [1.54, 1.807) is 4.90 Å². The number of β-amino-alcohol motifs (C(OH)–C–C–N with tert-alkyl or cyclic N) is 1. The number of hydrogen-bond donors (Lipinski definition) is 2. The lowest BCUT2D eigenvalue weighted by molar-refractivity contribution is 0.0521. The highest BCUT2D eigenvalue weighted by Gasteiger charge is 2.28. The molecule has 1 unspecified atom stereocenters. The summed E-state index contributed by atoms with van der Waals surface area (Å²) in [6, 6.07) is 14.3. The van der Waals surface area contributed by atoms with E-state index >= 15 is 0 Å². The topological polar surface area (TPSA) is 68.3 Å². The van der Waals surface area contributed by atoms with Crippen molar-refractivity contribution in [3.63, 3.8) is 0 Å². The highest BCUT2D eigenvalue weighted by molar-refractivity contribution is 6.00. The molecule has 1 saturated heterocycles. The maximum absolute atomic E-state index is 13.4. The van der Waals surface area contributed by atoms with Crippen molar-refractivity contribution in [1.29, 1.82) is 0 Å². The Morgan fingerprint density at radius 3 is 2.68 bits per heavy atom. The van der Waals surface area contributed by atoms with E-state index in [4.69, 9.17) is 4.74 Å². The third-order valence-electron chi connectivity index (χ3n) is 7.30. The number of benzene rings is 2. The second-order valence-electron chi connectivity index (χ2n) is 9.83. The number of nitrogens with one attached hydrogen (secondary N) is 1. The Labute approximate surface area is 202 Å². The van der Waals surface area contributed by atoms with E-state index in [0.29, 0.717) is 25.2 Å². The van der Waals surface area contributed by atoms with Gasteiger partial charge in [0, 0.05) is 52.4 Å². The monoisotopic (exact) mass is 464 g/mol. The zero-order valence-corrected chi connectivity index (χ0v) is 20.1. The second-order valence-corrected chi connectivity index (χ2v) is 9.83. The Kier molecular flexibility index (Phi) is 7.04. The number of nitrogens with zero attached hydrogens (tertiary/aromatic N) is 3. The van der Waals surface area contributed by atoms with Crippen molar-refractivity contribution < 1.29 is 14.6 Å². The van der Waals surface area contributed by atoms with Crippen molar-refractivity contribution >= 4 is 11.6 Å². The van der Waals surface area contributed by atoms with Crippen LogP contribution < -0.4 is 15.0 Å². The number of aliphatic hydroxyl groups is 1. The van der Waals surface area contributed by atoms with Gasteiger partial charge in [0.15, 0.2) is 0 Å². The number of hydrogen-bond acceptors (Lipinski definition) is 6. The molecule has 5 rings (SSSR count). The van der Waals surface area contributed by atoms with Gasteiger partial charge in [0.1, 0.15) is 11.9 Å². The van der Waals surface area contributed by atoms with Gasteiger partial charge >= 0.3 is 0 Å². The number of piperidine rings is 1. The number of carbonyl (C=O) groups is 1. The number of likely N-dealkylation sites (N-methyl/N-ethyl adjacent to an activating group) is 1. The lowest BCUT2D eigenvalue weighted by Crippen LogP contribution is -2.44. The van der Waals surface area contributed by atoms with Gasteiger partial charge < -0.3 is 25.0 Å². The van der Waals surface area contributed by atoms with Crippen LogP contribution in [0.2, 0.25) is 0 Å². The molecule has 3 heterocycles. The van der Waals surface area contributed by atoms with E-state index in [9.17, 15) is 9.90 Å². The molecule has 0 radical (unpaired) electrons. The van der Waals surface area contributed by atoms with Gasteiger partial charge in [-0.1, -0.05) is 24.3 Å². The highest BCUT2D eigenvalue weighted by atomic mass is 16.5. The summed E-state index contributed by atoms with van der Waals surface area (Å²) in [5.74, 6) is 0.806. The van der Waals surface area contributed by atoms with Gasteiger partial charge in [-0.05, 0) is 55.6 Å². The van der Waals surface area contributed by atoms with Gasteiger partial charge in [-0.15, -0.1) is 0 Å². The van der Waals surface area contributed by atoms with Crippen LogP contribution in [0.4, 0.5) is 5.69 Å². The van der Waals surface area contributed by atoms with Crippen molar-refractivity contribution in [3.8, 4) is 5.75 Å². The first kappa shape index (κ1) is 23.1. The summed E-state index contributed by atoms with van der Waals surface area (Å²) < 4.78 is 6.21. The molecule has 0 saturated carbocycles. The minimum atomic E-state index is -0.580. The van der Waals surface area contributed by atoms with Gasteiger partial charge in [0.25, 0.3) is 5.91 Å². The smallest absolute Gasteiger partial charge is 0.256 e. The van der Waals surface area contributed by atoms with Crippen LogP contribution in [0.3, 0.4) is 0 Å². The summed E-state index contributed by atoms with van der Waals surface area (Å²) in [4.78, 5) is 19.6. The van der Waals surface area contributed by atoms with Crippen LogP contribution in [0, 0.1) is 0 Å². The first-order valence-electron chi connectivity index (χ1n) is 12.6. The van der Waals surface area contributed by atoms with E-state index in [1.807, 2.05) is 25.2 Å². The fourth-order valence-electron chi connectivity index (χ4n) is 5.34. The maximum atomic E-state index is 13.4. The third kappa shape index (κ3) is 5.22. The fraction of sp³-hybridized carbons (Fsp3) is 0.519. The number of ether oxygens (including phenoxy) is 1. The average Bonchev–Trinajstić information content (AvgIpc) is 2.96. The molecule has 34 heavy (non-hydrogen) atoms. The molecule has 0 aliphatic carbocycles. The number of carbonyl (C=O) groups excluding carboxylic acids is 1. The molecule has 0 aromatic heterocycles. The molecule has 2 N–H and O–H groups in total. The molecule has 2 aromatic carbocycles. The van der Waals surface area contributed by atoms with Crippen LogP contribution in [0.15, 0.2) is 42.5 Å². The van der Waals surface area contributed by atoms with Gasteiger partial charge in [0.2, 0.25) is 0 Å². The summed E-state index contributed by atoms with van der Waals surface area (Å²) >= 11 is 0. The zero-order valence-electron chi connectivity index (χ0n) is 20.1. The molecule has 7 heteroatoms. The molecule has 0 bridgehead atoms. The molecule has 0 spiro atoms. The molecule has 7 nitrogen and oxygen atoms in total. The number of amides is 1. The first-order chi connectivity index (χ1) is 16.6. The Morgan fingerprint density at radius 1 is 1.06 bits per heavy atom. The minimum Gasteiger partial charge on any atom is -0.490 e. The lowest BCUT2D eigenvalue weighted by Gasteiger charge is -2.32. The lowest BCUT2D eigenvalue weighted by atomic mass is 10.00. The van der Waals surface area contributed by atoms with Gasteiger partial charge in [-0.25, -0.2) is 0 Å². The number of fused-ring (bicyclic) bond motifs is 2. The average molecular weight is 465 g/mol. The predicted octanol–water partition coefficient (Wildman–Crippen LogP) is 2.13. The van der Waals surface area contributed by atoms with Crippen molar-refractivity contribution in [2.24, 2.45) is 0 Å². The Morgan fingerprint density at radius 2 is 1.85 bits per heavy atom. The van der Waals surface area contributed by atoms with Gasteiger partial charge in [0.05, 0.1) is 17.4 Å². The van der Waals surface area contributed by atoms with Crippen LogP contribution in [-0.2, 0) is 13.0 Å². The molecule has 1 atom stereocenters. The van der Waals surface area contributed by atoms with Crippen LogP contribution >= 0.6 is 0 Å². The largest absolute Gasteiger partial charge is 0.490 e. The summed E-state index contributed by atoms with van der Waals surface area (Å²) in [7, 11) is 2.02. The summed E-state index contributed by atoms with van der Waals surface area (Å²) in [5.41, 5.74) is 4.32. The second kappa shape index (κ2) is 10.3. The van der Waals surface area contributed by atoms with Crippen molar-refractivity contribution in [1.82, 2.24) is 15.1 Å². The predicted molar refractivity (Wildman–Crippen MR) is 134 cm³/mol. The van der Waals surface area contributed by atoms with Crippen molar-refractivity contribution in [2.45, 2.75) is 38.0 Å². The van der Waals surface area contributed by atoms with Crippen molar-refractivity contribution in [2.75, 3.05) is 57.8 Å². The van der Waals surface area contributed by atoms with Crippen LogP contribution in [0.5, 0.6) is 5.75 Å². The maximum Gasteiger partial charge on any atom is 0.256 e. The molecule has 3 aliphatic rings. The zero-order chi connectivity index (χ0) is 23.5. The molecular formula is C27H36N4O3. The van der Waals surface area contributed by atoms with Gasteiger partial charge in [-0.3, -0.25) is 9.69 Å². The fourth-order valence-corrected chi connectivity index (χ4v) is 5.34. The molecule has 1 fully saturated rings. The van der Waals surface area contributed by atoms with Crippen LogP contribution in [0.1, 0.15) is 34.3 Å². The van der Waals surface area contributed by atoms with Gasteiger partial charge in [-0.2, -0.15) is 0 Å². The third-order valence-corrected chi connectivity index (χ3v) is 7.30. The Balaban J connectivity index is 1.22. The summed E-state index contributed by atoms with van der Waals surface area (Å²) in [6.45, 7) is 5.99. The molecule has 1 amide bonds. The Bertz CT molecular complexity index is 1010. The summed E-state index contributed by atoms with van der Waals surface area (Å²) in [6.07, 6.45) is 2.65. The minimum absolute atomic E-state index is 0.0178. The number of anilines is 1. The highest BCUT2D eigenvalue weighted by Crippen LogP contribution is 2.30. The van der Waals surface area contributed by atoms with E-state index in [1.165, 1.54) is 11.1 Å². The standard InChI is InChI=1S/C27H36N4O3/c1-29-14-15-31(19-22(32)18-30-13-10-20-4-2-3-5-21(20)17-30)27(33)25-7-6-24(16-26(25)29)34-23-8-11-28-12-9-23/h2-7,16,22-23,28,32H,8-15,17-19H2,1H3. The first-order valence-corrected chi connectivity index (χ1v) is 12.6. The Hall–Kier alpha value is -2.61. The molecule has 3 aliphatic heterocycles. The van der Waals surface area contributed by atoms with E-state index in [0.717, 1.165) is 63.4 Å². The van der Waals surface area contributed by atoms with E-state index < -0.39 is 6.10 Å². The summed E-state index contributed by atoms with van der Waals surface area (Å²) in [5, 5.41) is 14.2. The van der Waals surface area contributed by atoms with E-state index in [-0.39, 0.29) is 12.0 Å². The SMILES string of the molecule is CN1CCN(CC(O)CN2CCc3ccccc3C2)C(=O)c2ccc(OC3CCNCC3)cc21.